The van der Waals surface area contributed by atoms with Crippen LogP contribution in [0.4, 0.5) is 11.9 Å². The van der Waals surface area contributed by atoms with Gasteiger partial charge in [-0.25, -0.2) is 34.6 Å². The largest absolute Gasteiger partial charge is 0.481 e. The molecule has 0 atom stereocenters. The number of hydrogen-bond acceptors (Lipinski definition) is 39. The van der Waals surface area contributed by atoms with Crippen LogP contribution < -0.4 is 27.7 Å². The second kappa shape index (κ2) is 36.7. The van der Waals surface area contributed by atoms with Gasteiger partial charge in [0.2, 0.25) is 11.9 Å². The number of rotatable bonds is 10. The lowest BCUT2D eigenvalue weighted by molar-refractivity contribution is -0.142. The topological polar surface area (TPSA) is 651 Å². The van der Waals surface area contributed by atoms with E-state index in [1.54, 1.807) is 42.2 Å². The van der Waals surface area contributed by atoms with Crippen molar-refractivity contribution >= 4 is 64.0 Å². The summed E-state index contributed by atoms with van der Waals surface area (Å²) in [6.07, 6.45) is 13.2. The summed E-state index contributed by atoms with van der Waals surface area (Å²) in [5, 5.41) is 109. The van der Waals surface area contributed by atoms with Crippen LogP contribution in [0.3, 0.4) is 0 Å². The van der Waals surface area contributed by atoms with Gasteiger partial charge in [0.05, 0.1) is 24.5 Å². The highest BCUT2D eigenvalue weighted by Gasteiger charge is 2.20. The third-order valence-corrected chi connectivity index (χ3v) is 15.3. The highest BCUT2D eigenvalue weighted by Crippen LogP contribution is 2.17. The second-order valence-corrected chi connectivity index (χ2v) is 23.2. The Bertz CT molecular complexity index is 6230. The van der Waals surface area contributed by atoms with Gasteiger partial charge in [-0.3, -0.25) is 29.0 Å². The van der Waals surface area contributed by atoms with Crippen LogP contribution in [0.25, 0.3) is 40.2 Å². The van der Waals surface area contributed by atoms with Gasteiger partial charge in [0.1, 0.15) is 12.8 Å². The van der Waals surface area contributed by atoms with Crippen molar-refractivity contribution in [1.82, 2.24) is 216 Å². The Kier molecular flexibility index (Phi) is 24.8. The fraction of sp³-hybridized carbons (Fsp3) is 0.267. The molecule has 20 rings (SSSR count). The Labute approximate surface area is 622 Å². The van der Waals surface area contributed by atoms with E-state index in [-0.39, 0.29) is 35.5 Å². The molecule has 0 spiro atoms. The molecule has 0 aliphatic heterocycles. The van der Waals surface area contributed by atoms with E-state index in [1.807, 2.05) is 81.4 Å². The van der Waals surface area contributed by atoms with Crippen LogP contribution in [0.15, 0.2) is 130 Å². The molecule has 0 saturated heterocycles. The predicted molar refractivity (Wildman–Crippen MR) is 379 cm³/mol. The molecule has 570 valence electrons. The molecule has 0 saturated carbocycles. The molecule has 0 unspecified atom stereocenters. The molecule has 0 radical (unpaired) electrons. The van der Waals surface area contributed by atoms with Crippen LogP contribution in [-0.2, 0) is 65.9 Å². The molecule has 2 aliphatic carbocycles. The first-order valence-corrected chi connectivity index (χ1v) is 33.5. The summed E-state index contributed by atoms with van der Waals surface area (Å²) in [7, 11) is 0. The number of hydrogen-bond donors (Lipinski definition) is 7. The highest BCUT2D eigenvalue weighted by molar-refractivity contribution is 5.71. The number of esters is 1. The van der Waals surface area contributed by atoms with Gasteiger partial charge in [0, 0.05) is 77.7 Å². The lowest BCUT2D eigenvalue weighted by Gasteiger charge is -2.12. The Hall–Kier alpha value is -16.1. The number of carbonyl (C=O) groups is 2. The molecule has 2 aromatic carbocycles. The molecule has 0 bridgehead atoms. The Morgan fingerprint density at radius 3 is 1.83 bits per heavy atom. The van der Waals surface area contributed by atoms with Gasteiger partial charge >= 0.3 is 11.9 Å². The number of nitrogen functional groups attached to an aromatic ring is 1. The molecule has 0 fully saturated rings. The molecule has 18 aromatic rings. The van der Waals surface area contributed by atoms with Crippen LogP contribution in [0, 0.1) is 20.8 Å². The third-order valence-electron chi connectivity index (χ3n) is 15.3. The summed E-state index contributed by atoms with van der Waals surface area (Å²) >= 11 is 0. The summed E-state index contributed by atoms with van der Waals surface area (Å²) in [5.74, 6) is 2.55. The van der Waals surface area contributed by atoms with Crippen LogP contribution >= 0.6 is 0 Å². The van der Waals surface area contributed by atoms with Crippen molar-refractivity contribution in [2.45, 2.75) is 98.6 Å². The monoisotopic (exact) mass is 1530 g/mol. The zero-order valence-electron chi connectivity index (χ0n) is 59.4. The third kappa shape index (κ3) is 20.1. The summed E-state index contributed by atoms with van der Waals surface area (Å²) in [6.45, 7) is 8.94. The van der Waals surface area contributed by atoms with Crippen molar-refractivity contribution in [3.63, 3.8) is 0 Å². The van der Waals surface area contributed by atoms with E-state index in [9.17, 15) is 24.0 Å². The number of H-pyrrole nitrogens is 4. The van der Waals surface area contributed by atoms with E-state index in [0.717, 1.165) is 90.1 Å². The summed E-state index contributed by atoms with van der Waals surface area (Å²) in [6, 6.07) is 28.3. The standard InChI is InChI=1S/C12H12N6.C10H10N4O2.C8H9N5O.C7H7N5O.C5H6N6.C5H5N5.C5H8N4O2.C4H3N5O.C4H3N5/c1-9-7-11-15-16-17-18(11)12(14-9)13-8-10-5-3-2-4-6-10;15-10(16)6-9-11-12-13-14(9)7-8-4-2-1-3-5-8;14-7-5-3-1-2-4-6(5)9-8-10-11-12-13(7)8;13-6-4-2-1-3-5(4)8-7-9-10-11-12(6)7;1-3-2-4-8-9-10-11(4)5(6)7-3;1-4-2-3-10-5(6-4)7-8-9-10;1-2-11-5(10)3-4-6-8-9-7-4;10-3-1-2-9-4(5-3)6-7-8-9;1-2-5-4-6-7-8-9(4)3-1/h2-7H,8H2,1H3,(H,13,14);1-5H,6-7H2,(H,15,16);1-4H2,(H,9,10,12);1-3H2,(H,8,9,11);2H,1H3,(H2,6,7);2-3H,1H3;2-3H2,1H3,(H,6,7,8,9);1-2H,(H,5,6,8,10);1-3H. The Morgan fingerprint density at radius 2 is 1.15 bits per heavy atom. The number of benzene rings is 2. The molecule has 52 nitrogen and oxygen atoms in total. The van der Waals surface area contributed by atoms with Crippen molar-refractivity contribution in [1.29, 1.82) is 0 Å². The zero-order chi connectivity index (χ0) is 78.1. The van der Waals surface area contributed by atoms with Crippen LogP contribution in [-0.4, -0.2) is 240 Å². The number of aromatic nitrogens is 43. The SMILES string of the molecule is CCOC(=O)Cc1nn[nH]n1.Cc1cc2nnnn2c(N)n1.Cc1cc2nnnn2c(NCc2ccccc2)n1.Cc1ccn2nnnc2n1.O=C(O)Cc1nnnn1Cc1ccccc1.O=c1c2c(nc3nn[nH]n13)CCC2.O=c1c2c(nc3nn[nH]n13)CCCC2.O=c1ccn2nnnc2[nH]1.c1cnc2nnnn2c1. The number of anilines is 2. The van der Waals surface area contributed by atoms with Gasteiger partial charge in [0.25, 0.3) is 45.6 Å². The molecule has 16 heterocycles. The van der Waals surface area contributed by atoms with Crippen LogP contribution in [0.2, 0.25) is 0 Å². The molecular weight excluding hydrogens is 1460 g/mol. The van der Waals surface area contributed by atoms with Crippen molar-refractivity contribution in [3.05, 3.63) is 209 Å². The number of fused-ring (bicyclic) bond motifs is 9. The lowest BCUT2D eigenvalue weighted by Crippen LogP contribution is -2.25. The van der Waals surface area contributed by atoms with Gasteiger partial charge in [-0.15, -0.1) is 25.5 Å². The summed E-state index contributed by atoms with van der Waals surface area (Å²) < 4.78 is 16.1. The normalized spacial score (nSPS) is 11.6. The first-order valence-electron chi connectivity index (χ1n) is 33.5. The Balaban J connectivity index is 0.000000118. The van der Waals surface area contributed by atoms with E-state index in [4.69, 9.17) is 10.8 Å². The van der Waals surface area contributed by atoms with E-state index in [0.29, 0.717) is 83.4 Å². The highest BCUT2D eigenvalue weighted by atomic mass is 16.5. The van der Waals surface area contributed by atoms with Gasteiger partial charge in [0.15, 0.2) is 22.9 Å². The molecule has 16 aromatic heterocycles. The lowest BCUT2D eigenvalue weighted by atomic mass is 9.97. The maximum atomic E-state index is 11.8. The number of carboxylic acids is 1. The van der Waals surface area contributed by atoms with Gasteiger partial charge in [-0.1, -0.05) is 91.4 Å². The molecule has 0 amide bonds. The quantitative estimate of drug-likeness (QED) is 0.0705. The Morgan fingerprint density at radius 1 is 0.554 bits per heavy atom. The van der Waals surface area contributed by atoms with Crippen LogP contribution in [0.5, 0.6) is 0 Å². The van der Waals surface area contributed by atoms with Crippen molar-refractivity contribution < 1.29 is 19.4 Å². The van der Waals surface area contributed by atoms with Crippen LogP contribution in [0.1, 0.15) is 88.6 Å². The first-order chi connectivity index (χ1) is 54.6. The number of nitrogens with zero attached hydrogens (tertiary/aromatic N) is 39. The number of aryl methyl sites for hydroxylation is 5. The molecular formula is C60H63N45O7. The number of aliphatic carboxylic acids is 1. The summed E-state index contributed by atoms with van der Waals surface area (Å²) in [4.78, 5) is 82.8. The van der Waals surface area contributed by atoms with E-state index < -0.39 is 5.97 Å². The number of carbonyl (C=O) groups excluding carboxylic acids is 1. The predicted octanol–water partition coefficient (Wildman–Crippen LogP) is -2.34. The summed E-state index contributed by atoms with van der Waals surface area (Å²) in [5.41, 5.74) is 14.8. The minimum atomic E-state index is -0.941. The van der Waals surface area contributed by atoms with Gasteiger partial charge in [-0.2, -0.15) is 47.2 Å². The fourth-order valence-electron chi connectivity index (χ4n) is 10.3. The molecule has 112 heavy (non-hydrogen) atoms. The van der Waals surface area contributed by atoms with Crippen molar-refractivity contribution in [2.75, 3.05) is 17.7 Å². The molecule has 52 heteroatoms. The number of aromatic amines is 4. The minimum absolute atomic E-state index is 0.0466. The maximum absolute atomic E-state index is 11.8. The van der Waals surface area contributed by atoms with E-state index in [1.165, 1.54) is 49.6 Å². The number of tetrazole rings is 9. The number of ether oxygens (including phenoxy) is 1. The van der Waals surface area contributed by atoms with E-state index in [2.05, 4.69) is 202 Å². The average molecular weight is 1530 g/mol. The molecule has 2 aliphatic rings. The average Bonchev–Trinajstić information content (AvgIpc) is 1.56. The second-order valence-electron chi connectivity index (χ2n) is 23.2. The fourth-order valence-corrected chi connectivity index (χ4v) is 10.3. The van der Waals surface area contributed by atoms with E-state index >= 15 is 0 Å². The van der Waals surface area contributed by atoms with Crippen molar-refractivity contribution in [2.24, 2.45) is 0 Å². The maximum Gasteiger partial charge on any atom is 0.313 e. The number of carboxylic acid groups (broad SMARTS) is 1. The van der Waals surface area contributed by atoms with Crippen molar-refractivity contribution in [3.8, 4) is 0 Å². The first kappa shape index (κ1) is 75.6. The zero-order valence-corrected chi connectivity index (χ0v) is 59.4. The van der Waals surface area contributed by atoms with Gasteiger partial charge in [-0.05, 0) is 169 Å². The number of nitrogens with one attached hydrogen (secondary N) is 5. The minimum Gasteiger partial charge on any atom is -0.481 e. The van der Waals surface area contributed by atoms with Gasteiger partial charge < -0.3 is 20.9 Å². The smallest absolute Gasteiger partial charge is 0.313 e. The number of nitrogens with two attached hydrogens (primary N) is 1. The molecule has 8 N–H and O–H groups in total.